The standard InChI is InChI=1S/C8H7NS/c10-8-5-1-3-7-4-2-6-9(7)8/h1-6,10H. The van der Waals surface area contributed by atoms with Crippen molar-refractivity contribution in [3.8, 4) is 0 Å². The molecule has 0 spiro atoms. The lowest BCUT2D eigenvalue weighted by Gasteiger charge is -1.96. The monoisotopic (exact) mass is 149 g/mol. The summed E-state index contributed by atoms with van der Waals surface area (Å²) in [6.45, 7) is 0. The highest BCUT2D eigenvalue weighted by Crippen LogP contribution is 2.10. The molecule has 2 aromatic rings. The highest BCUT2D eigenvalue weighted by molar-refractivity contribution is 7.80. The van der Waals surface area contributed by atoms with Crippen LogP contribution in [0.25, 0.3) is 5.52 Å². The lowest BCUT2D eigenvalue weighted by molar-refractivity contribution is 1.04. The molecule has 0 aromatic carbocycles. The maximum absolute atomic E-state index is 4.28. The van der Waals surface area contributed by atoms with Gasteiger partial charge in [-0.05, 0) is 24.3 Å². The lowest BCUT2D eigenvalue weighted by Crippen LogP contribution is -1.81. The molecule has 0 radical (unpaired) electrons. The first-order valence-electron chi connectivity index (χ1n) is 3.13. The van der Waals surface area contributed by atoms with Gasteiger partial charge < -0.3 is 4.40 Å². The Hall–Kier alpha value is -0.890. The smallest absolute Gasteiger partial charge is 0.0762 e. The summed E-state index contributed by atoms with van der Waals surface area (Å²) in [5.41, 5.74) is 1.19. The van der Waals surface area contributed by atoms with Crippen LogP contribution in [-0.4, -0.2) is 4.40 Å². The molecule has 0 unspecified atom stereocenters. The quantitative estimate of drug-likeness (QED) is 0.548. The van der Waals surface area contributed by atoms with Crippen molar-refractivity contribution in [2.24, 2.45) is 0 Å². The van der Waals surface area contributed by atoms with Crippen LogP contribution >= 0.6 is 12.6 Å². The molecular formula is C8H7NS. The van der Waals surface area contributed by atoms with Crippen LogP contribution in [0.3, 0.4) is 0 Å². The Balaban J connectivity index is 2.95. The lowest BCUT2D eigenvalue weighted by atomic mass is 10.4. The average Bonchev–Trinajstić information content (AvgIpc) is 2.36. The molecule has 1 nitrogen and oxygen atoms in total. The van der Waals surface area contributed by atoms with Gasteiger partial charge >= 0.3 is 0 Å². The van der Waals surface area contributed by atoms with E-state index in [9.17, 15) is 0 Å². The van der Waals surface area contributed by atoms with Crippen LogP contribution < -0.4 is 0 Å². The van der Waals surface area contributed by atoms with Crippen LogP contribution in [0.5, 0.6) is 0 Å². The van der Waals surface area contributed by atoms with Crippen LogP contribution in [-0.2, 0) is 0 Å². The molecule has 0 fully saturated rings. The summed E-state index contributed by atoms with van der Waals surface area (Å²) in [6.07, 6.45) is 2.00. The van der Waals surface area contributed by atoms with Gasteiger partial charge in [0.15, 0.2) is 0 Å². The zero-order chi connectivity index (χ0) is 6.97. The molecule has 0 bridgehead atoms. The highest BCUT2D eigenvalue weighted by Gasteiger charge is 1.91. The maximum Gasteiger partial charge on any atom is 0.0762 e. The summed E-state index contributed by atoms with van der Waals surface area (Å²) in [4.78, 5) is 0. The molecule has 50 valence electrons. The van der Waals surface area contributed by atoms with Crippen molar-refractivity contribution in [1.82, 2.24) is 4.40 Å². The van der Waals surface area contributed by atoms with Crippen LogP contribution in [0, 0.1) is 0 Å². The van der Waals surface area contributed by atoms with Crippen molar-refractivity contribution < 1.29 is 0 Å². The van der Waals surface area contributed by atoms with Gasteiger partial charge in [-0.3, -0.25) is 0 Å². The predicted molar refractivity (Wildman–Crippen MR) is 44.6 cm³/mol. The van der Waals surface area contributed by atoms with Crippen molar-refractivity contribution in [2.45, 2.75) is 5.03 Å². The highest BCUT2D eigenvalue weighted by atomic mass is 32.1. The number of hydrogen-bond donors (Lipinski definition) is 1. The third kappa shape index (κ3) is 0.727. The van der Waals surface area contributed by atoms with Gasteiger partial charge in [-0.25, -0.2) is 0 Å². The van der Waals surface area contributed by atoms with E-state index < -0.39 is 0 Å². The fraction of sp³-hybridized carbons (Fsp3) is 0. The van der Waals surface area contributed by atoms with E-state index in [-0.39, 0.29) is 0 Å². The molecule has 0 saturated carbocycles. The second kappa shape index (κ2) is 2.06. The summed E-state index contributed by atoms with van der Waals surface area (Å²) in [7, 11) is 0. The van der Waals surface area contributed by atoms with E-state index in [2.05, 4.69) is 24.8 Å². The molecule has 0 aliphatic carbocycles. The number of rotatable bonds is 0. The Morgan fingerprint density at radius 2 is 1.90 bits per heavy atom. The molecule has 0 amide bonds. The first kappa shape index (κ1) is 5.86. The Bertz CT molecular complexity index is 351. The third-order valence-corrected chi connectivity index (χ3v) is 1.90. The number of hydrogen-bond acceptors (Lipinski definition) is 1. The zero-order valence-corrected chi connectivity index (χ0v) is 6.25. The number of thiol groups is 1. The van der Waals surface area contributed by atoms with E-state index in [0.717, 1.165) is 5.03 Å². The number of nitrogens with zero attached hydrogens (tertiary/aromatic N) is 1. The molecular weight excluding hydrogens is 142 g/mol. The van der Waals surface area contributed by atoms with E-state index in [0.29, 0.717) is 0 Å². The molecule has 2 heteroatoms. The molecule has 2 rings (SSSR count). The van der Waals surface area contributed by atoms with Crippen molar-refractivity contribution in [3.63, 3.8) is 0 Å². The largest absolute Gasteiger partial charge is 0.312 e. The minimum atomic E-state index is 0.975. The SMILES string of the molecule is Sc1cccc2cccn12. The normalized spacial score (nSPS) is 10.5. The zero-order valence-electron chi connectivity index (χ0n) is 5.36. The van der Waals surface area contributed by atoms with Gasteiger partial charge in [0.25, 0.3) is 0 Å². The minimum Gasteiger partial charge on any atom is -0.312 e. The molecule has 10 heavy (non-hydrogen) atoms. The van der Waals surface area contributed by atoms with Crippen molar-refractivity contribution in [1.29, 1.82) is 0 Å². The Morgan fingerprint density at radius 1 is 1.10 bits per heavy atom. The van der Waals surface area contributed by atoms with Crippen molar-refractivity contribution in [2.75, 3.05) is 0 Å². The fourth-order valence-corrected chi connectivity index (χ4v) is 1.32. The predicted octanol–water partition coefficient (Wildman–Crippen LogP) is 2.23. The van der Waals surface area contributed by atoms with Crippen LogP contribution in [0.15, 0.2) is 41.6 Å². The first-order valence-corrected chi connectivity index (χ1v) is 3.58. The molecule has 2 heterocycles. The molecule has 0 atom stereocenters. The minimum absolute atomic E-state index is 0.975. The van der Waals surface area contributed by atoms with E-state index in [1.807, 2.05) is 28.8 Å². The topological polar surface area (TPSA) is 4.41 Å². The van der Waals surface area contributed by atoms with Crippen LogP contribution in [0.2, 0.25) is 0 Å². The van der Waals surface area contributed by atoms with Gasteiger partial charge in [0.2, 0.25) is 0 Å². The second-order valence-electron chi connectivity index (χ2n) is 2.19. The van der Waals surface area contributed by atoms with Gasteiger partial charge in [0, 0.05) is 11.7 Å². The van der Waals surface area contributed by atoms with Gasteiger partial charge in [-0.15, -0.1) is 12.6 Å². The van der Waals surface area contributed by atoms with E-state index in [4.69, 9.17) is 0 Å². The number of aromatic nitrogens is 1. The Labute approximate surface area is 64.7 Å². The Kier molecular flexibility index (Phi) is 1.21. The van der Waals surface area contributed by atoms with E-state index in [1.165, 1.54) is 5.52 Å². The second-order valence-corrected chi connectivity index (χ2v) is 2.65. The summed E-state index contributed by atoms with van der Waals surface area (Å²) < 4.78 is 2.03. The maximum atomic E-state index is 4.28. The van der Waals surface area contributed by atoms with Crippen LogP contribution in [0.1, 0.15) is 0 Å². The Morgan fingerprint density at radius 3 is 2.70 bits per heavy atom. The fourth-order valence-electron chi connectivity index (χ4n) is 1.05. The number of fused-ring (bicyclic) bond motifs is 1. The van der Waals surface area contributed by atoms with Gasteiger partial charge in [0.1, 0.15) is 0 Å². The molecule has 2 aromatic heterocycles. The first-order chi connectivity index (χ1) is 4.88. The van der Waals surface area contributed by atoms with E-state index in [1.54, 1.807) is 0 Å². The molecule has 0 aliphatic rings. The van der Waals surface area contributed by atoms with Crippen LogP contribution in [0.4, 0.5) is 0 Å². The summed E-state index contributed by atoms with van der Waals surface area (Å²) in [5.74, 6) is 0. The summed E-state index contributed by atoms with van der Waals surface area (Å²) >= 11 is 4.28. The molecule has 0 aliphatic heterocycles. The average molecular weight is 149 g/mol. The van der Waals surface area contributed by atoms with E-state index >= 15 is 0 Å². The summed E-state index contributed by atoms with van der Waals surface area (Å²) in [6, 6.07) is 10.1. The van der Waals surface area contributed by atoms with Gasteiger partial charge in [0.05, 0.1) is 5.03 Å². The van der Waals surface area contributed by atoms with Crippen molar-refractivity contribution >= 4 is 18.1 Å². The summed E-state index contributed by atoms with van der Waals surface area (Å²) in [5, 5.41) is 0.975. The molecule has 0 saturated heterocycles. The number of pyridine rings is 1. The van der Waals surface area contributed by atoms with Crippen molar-refractivity contribution in [3.05, 3.63) is 36.5 Å². The third-order valence-electron chi connectivity index (χ3n) is 1.54. The molecule has 0 N–H and O–H groups in total. The van der Waals surface area contributed by atoms with Gasteiger partial charge in [-0.2, -0.15) is 0 Å². The van der Waals surface area contributed by atoms with Gasteiger partial charge in [-0.1, -0.05) is 6.07 Å².